The van der Waals surface area contributed by atoms with E-state index in [0.29, 0.717) is 0 Å². The van der Waals surface area contributed by atoms with Crippen LogP contribution < -0.4 is 0 Å². The molecule has 1 heteroatoms. The molecule has 0 amide bonds. The van der Waals surface area contributed by atoms with Gasteiger partial charge in [0.2, 0.25) is 0 Å². The van der Waals surface area contributed by atoms with E-state index in [1.54, 1.807) is 0 Å². The Bertz CT molecular complexity index is 797. The number of hydrogen-bond acceptors (Lipinski definition) is 0. The highest BCUT2D eigenvalue weighted by molar-refractivity contribution is 6.35. The summed E-state index contributed by atoms with van der Waals surface area (Å²) in [6.07, 6.45) is 0. The normalized spacial score (nSPS) is 11.5. The molecule has 0 aliphatic rings. The fraction of sp³-hybridized carbons (Fsp3) is 0.182. The van der Waals surface area contributed by atoms with Crippen molar-refractivity contribution in [3.8, 4) is 22.3 Å². The minimum atomic E-state index is 0.00975. The summed E-state index contributed by atoms with van der Waals surface area (Å²) in [5.74, 6) is 0. The van der Waals surface area contributed by atoms with Gasteiger partial charge >= 0.3 is 0 Å². The van der Waals surface area contributed by atoms with Crippen LogP contribution in [0.25, 0.3) is 22.3 Å². The summed E-state index contributed by atoms with van der Waals surface area (Å²) in [7, 11) is 0. The average molecular weight is 321 g/mol. The maximum absolute atomic E-state index is 6.88. The van der Waals surface area contributed by atoms with E-state index >= 15 is 0 Å². The van der Waals surface area contributed by atoms with Gasteiger partial charge < -0.3 is 0 Å². The van der Waals surface area contributed by atoms with Crippen molar-refractivity contribution < 1.29 is 0 Å². The monoisotopic (exact) mass is 320 g/mol. The molecule has 0 nitrogen and oxygen atoms in total. The lowest BCUT2D eigenvalue weighted by atomic mass is 9.83. The molecule has 0 saturated carbocycles. The summed E-state index contributed by atoms with van der Waals surface area (Å²) in [4.78, 5) is 0. The van der Waals surface area contributed by atoms with Crippen molar-refractivity contribution >= 4 is 11.6 Å². The molecule has 3 rings (SSSR count). The molecular formula is C22H21Cl. The van der Waals surface area contributed by atoms with E-state index < -0.39 is 0 Å². The van der Waals surface area contributed by atoms with Gasteiger partial charge in [0.15, 0.2) is 0 Å². The molecule has 0 heterocycles. The van der Waals surface area contributed by atoms with Gasteiger partial charge in [-0.15, -0.1) is 0 Å². The lowest BCUT2D eigenvalue weighted by Crippen LogP contribution is -2.12. The molecule has 3 aromatic carbocycles. The van der Waals surface area contributed by atoms with Crippen molar-refractivity contribution in [2.24, 2.45) is 0 Å². The van der Waals surface area contributed by atoms with E-state index in [1.807, 2.05) is 12.1 Å². The molecule has 0 aliphatic heterocycles. The molecule has 3 aromatic rings. The van der Waals surface area contributed by atoms with Crippen LogP contribution in [-0.4, -0.2) is 0 Å². The Kier molecular flexibility index (Phi) is 4.28. The van der Waals surface area contributed by atoms with Crippen LogP contribution in [0.15, 0.2) is 72.8 Å². The molecule has 0 N–H and O–H groups in total. The summed E-state index contributed by atoms with van der Waals surface area (Å²) in [5.41, 5.74) is 5.82. The van der Waals surface area contributed by atoms with Gasteiger partial charge in [-0.3, -0.25) is 0 Å². The number of halogens is 1. The van der Waals surface area contributed by atoms with Crippen LogP contribution in [0.1, 0.15) is 26.3 Å². The van der Waals surface area contributed by atoms with Crippen LogP contribution in [0.4, 0.5) is 0 Å². The third-order valence-electron chi connectivity index (χ3n) is 4.10. The van der Waals surface area contributed by atoms with E-state index in [-0.39, 0.29) is 5.41 Å². The zero-order valence-electron chi connectivity index (χ0n) is 13.8. The highest BCUT2D eigenvalue weighted by Crippen LogP contribution is 2.42. The zero-order valence-corrected chi connectivity index (χ0v) is 14.6. The van der Waals surface area contributed by atoms with Crippen LogP contribution >= 0.6 is 11.6 Å². The molecule has 0 spiro atoms. The SMILES string of the molecule is CC(C)(C)c1ccc(-c2ccccc2)c(-c2ccccc2)c1Cl. The summed E-state index contributed by atoms with van der Waals surface area (Å²) in [6.45, 7) is 6.60. The minimum Gasteiger partial charge on any atom is -0.0833 e. The lowest BCUT2D eigenvalue weighted by molar-refractivity contribution is 0.591. The fourth-order valence-electron chi connectivity index (χ4n) is 2.90. The van der Waals surface area contributed by atoms with Crippen molar-refractivity contribution in [2.45, 2.75) is 26.2 Å². The van der Waals surface area contributed by atoms with Crippen molar-refractivity contribution in [2.75, 3.05) is 0 Å². The molecule has 0 radical (unpaired) electrons. The molecule has 0 bridgehead atoms. The molecular weight excluding hydrogens is 300 g/mol. The first-order chi connectivity index (χ1) is 11.0. The van der Waals surface area contributed by atoms with Gasteiger partial charge in [-0.05, 0) is 27.7 Å². The van der Waals surface area contributed by atoms with Gasteiger partial charge in [0.1, 0.15) is 0 Å². The smallest absolute Gasteiger partial charge is 0.0527 e. The minimum absolute atomic E-state index is 0.00975. The Morgan fingerprint density at radius 2 is 1.17 bits per heavy atom. The predicted octanol–water partition coefficient (Wildman–Crippen LogP) is 6.97. The topological polar surface area (TPSA) is 0 Å². The second kappa shape index (κ2) is 6.22. The number of hydrogen-bond donors (Lipinski definition) is 0. The zero-order chi connectivity index (χ0) is 16.4. The molecule has 0 saturated heterocycles. The first kappa shape index (κ1) is 15.8. The second-order valence-corrected chi connectivity index (χ2v) is 7.21. The van der Waals surface area contributed by atoms with Crippen LogP contribution in [0.3, 0.4) is 0 Å². The summed E-state index contributed by atoms with van der Waals surface area (Å²) in [6, 6.07) is 25.2. The van der Waals surface area contributed by atoms with E-state index in [9.17, 15) is 0 Å². The molecule has 0 aromatic heterocycles. The molecule has 0 unspecified atom stereocenters. The standard InChI is InChI=1S/C22H21Cl/c1-22(2,3)19-15-14-18(16-10-6-4-7-11-16)20(21(19)23)17-12-8-5-9-13-17/h4-15H,1-3H3. The maximum Gasteiger partial charge on any atom is 0.0527 e. The largest absolute Gasteiger partial charge is 0.0833 e. The van der Waals surface area contributed by atoms with Gasteiger partial charge in [-0.25, -0.2) is 0 Å². The van der Waals surface area contributed by atoms with Crippen LogP contribution in [-0.2, 0) is 5.41 Å². The summed E-state index contributed by atoms with van der Waals surface area (Å²) in [5, 5.41) is 0.852. The Morgan fingerprint density at radius 3 is 1.70 bits per heavy atom. The fourth-order valence-corrected chi connectivity index (χ4v) is 3.46. The Hall–Kier alpha value is -2.05. The van der Waals surface area contributed by atoms with Gasteiger partial charge in [0.05, 0.1) is 5.02 Å². The van der Waals surface area contributed by atoms with Crippen LogP contribution in [0.5, 0.6) is 0 Å². The Morgan fingerprint density at radius 1 is 0.652 bits per heavy atom. The van der Waals surface area contributed by atoms with E-state index in [0.717, 1.165) is 16.1 Å². The average Bonchev–Trinajstić information content (AvgIpc) is 2.55. The van der Waals surface area contributed by atoms with Crippen LogP contribution in [0, 0.1) is 0 Å². The predicted molar refractivity (Wildman–Crippen MR) is 101 cm³/mol. The van der Waals surface area contributed by atoms with E-state index in [1.165, 1.54) is 16.7 Å². The van der Waals surface area contributed by atoms with Gasteiger partial charge in [-0.1, -0.05) is 105 Å². The van der Waals surface area contributed by atoms with Gasteiger partial charge in [-0.2, -0.15) is 0 Å². The first-order valence-corrected chi connectivity index (χ1v) is 8.30. The van der Waals surface area contributed by atoms with Gasteiger partial charge in [0.25, 0.3) is 0 Å². The molecule has 0 fully saturated rings. The third-order valence-corrected chi connectivity index (χ3v) is 4.49. The van der Waals surface area contributed by atoms with Crippen molar-refractivity contribution in [3.63, 3.8) is 0 Å². The van der Waals surface area contributed by atoms with E-state index in [2.05, 4.69) is 81.4 Å². The maximum atomic E-state index is 6.88. The molecule has 23 heavy (non-hydrogen) atoms. The molecule has 116 valence electrons. The molecule has 0 atom stereocenters. The highest BCUT2D eigenvalue weighted by Gasteiger charge is 2.22. The molecule has 0 aliphatic carbocycles. The summed E-state index contributed by atoms with van der Waals surface area (Å²) >= 11 is 6.88. The van der Waals surface area contributed by atoms with Crippen molar-refractivity contribution in [1.29, 1.82) is 0 Å². The Labute approximate surface area is 143 Å². The van der Waals surface area contributed by atoms with Gasteiger partial charge in [0, 0.05) is 5.56 Å². The summed E-state index contributed by atoms with van der Waals surface area (Å²) < 4.78 is 0. The van der Waals surface area contributed by atoms with Crippen molar-refractivity contribution in [3.05, 3.63) is 83.4 Å². The highest BCUT2D eigenvalue weighted by atomic mass is 35.5. The Balaban J connectivity index is 2.32. The number of benzene rings is 3. The number of rotatable bonds is 2. The quantitative estimate of drug-likeness (QED) is 0.478. The van der Waals surface area contributed by atoms with E-state index in [4.69, 9.17) is 11.6 Å². The third kappa shape index (κ3) is 3.18. The second-order valence-electron chi connectivity index (χ2n) is 6.83. The van der Waals surface area contributed by atoms with Crippen molar-refractivity contribution in [1.82, 2.24) is 0 Å². The first-order valence-electron chi connectivity index (χ1n) is 7.92. The van der Waals surface area contributed by atoms with Crippen LogP contribution in [0.2, 0.25) is 5.02 Å². The lowest BCUT2D eigenvalue weighted by Gasteiger charge is -2.24.